The van der Waals surface area contributed by atoms with Crippen molar-refractivity contribution in [1.82, 2.24) is 0 Å². The van der Waals surface area contributed by atoms with Crippen LogP contribution in [0.15, 0.2) is 24.3 Å². The van der Waals surface area contributed by atoms with Gasteiger partial charge in [-0.1, -0.05) is 17.7 Å². The summed E-state index contributed by atoms with van der Waals surface area (Å²) in [4.78, 5) is 12.8. The highest BCUT2D eigenvalue weighted by Gasteiger charge is 2.15. The van der Waals surface area contributed by atoms with E-state index in [1.807, 2.05) is 38.1 Å². The van der Waals surface area contributed by atoms with Crippen LogP contribution in [-0.2, 0) is 9.53 Å². The van der Waals surface area contributed by atoms with Crippen molar-refractivity contribution in [2.24, 2.45) is 0 Å². The number of aliphatic carboxylic acids is 1. The maximum Gasteiger partial charge on any atom is 0.305 e. The SMILES string of the molecule is COCC(C)N(CCC(=O)O)c1ccc(C)cc1. The highest BCUT2D eigenvalue weighted by Crippen LogP contribution is 2.18. The van der Waals surface area contributed by atoms with Crippen molar-refractivity contribution in [3.05, 3.63) is 29.8 Å². The minimum Gasteiger partial charge on any atom is -0.481 e. The van der Waals surface area contributed by atoms with Crippen molar-refractivity contribution in [3.63, 3.8) is 0 Å². The van der Waals surface area contributed by atoms with Crippen LogP contribution in [0.4, 0.5) is 5.69 Å². The van der Waals surface area contributed by atoms with Gasteiger partial charge in [0.2, 0.25) is 0 Å². The highest BCUT2D eigenvalue weighted by atomic mass is 16.5. The molecular weight excluding hydrogens is 230 g/mol. The number of carboxylic acid groups (broad SMARTS) is 1. The molecule has 1 N–H and O–H groups in total. The monoisotopic (exact) mass is 251 g/mol. The van der Waals surface area contributed by atoms with Gasteiger partial charge in [0.25, 0.3) is 0 Å². The standard InChI is InChI=1S/C14H21NO3/c1-11-4-6-13(7-5-11)15(9-8-14(16)17)12(2)10-18-3/h4-7,12H,8-10H2,1-3H3,(H,16,17). The van der Waals surface area contributed by atoms with Gasteiger partial charge >= 0.3 is 5.97 Å². The molecule has 1 rings (SSSR count). The van der Waals surface area contributed by atoms with E-state index >= 15 is 0 Å². The van der Waals surface area contributed by atoms with E-state index in [0.29, 0.717) is 13.2 Å². The minimum absolute atomic E-state index is 0.127. The van der Waals surface area contributed by atoms with Crippen molar-refractivity contribution in [2.45, 2.75) is 26.3 Å². The molecule has 18 heavy (non-hydrogen) atoms. The number of methoxy groups -OCH3 is 1. The summed E-state index contributed by atoms with van der Waals surface area (Å²) in [6.07, 6.45) is 0.127. The van der Waals surface area contributed by atoms with Crippen LogP contribution in [0.2, 0.25) is 0 Å². The largest absolute Gasteiger partial charge is 0.481 e. The summed E-state index contributed by atoms with van der Waals surface area (Å²) in [5.41, 5.74) is 2.22. The van der Waals surface area contributed by atoms with Gasteiger partial charge in [-0.25, -0.2) is 0 Å². The van der Waals surface area contributed by atoms with E-state index in [2.05, 4.69) is 4.90 Å². The van der Waals surface area contributed by atoms with Crippen molar-refractivity contribution in [1.29, 1.82) is 0 Å². The molecule has 1 aromatic carbocycles. The number of carboxylic acids is 1. The third-order valence-corrected chi connectivity index (χ3v) is 2.87. The molecule has 0 aromatic heterocycles. The number of aryl methyl sites for hydroxylation is 1. The molecule has 1 unspecified atom stereocenters. The first-order chi connectivity index (χ1) is 8.54. The fourth-order valence-corrected chi connectivity index (χ4v) is 1.89. The third-order valence-electron chi connectivity index (χ3n) is 2.87. The van der Waals surface area contributed by atoms with Crippen LogP contribution in [0.1, 0.15) is 18.9 Å². The maximum absolute atomic E-state index is 10.7. The van der Waals surface area contributed by atoms with Gasteiger partial charge in [-0.15, -0.1) is 0 Å². The summed E-state index contributed by atoms with van der Waals surface area (Å²) < 4.78 is 5.15. The number of benzene rings is 1. The normalized spacial score (nSPS) is 12.2. The first kappa shape index (κ1) is 14.5. The fourth-order valence-electron chi connectivity index (χ4n) is 1.89. The van der Waals surface area contributed by atoms with E-state index in [0.717, 1.165) is 5.69 Å². The second kappa shape index (κ2) is 7.01. The van der Waals surface area contributed by atoms with Gasteiger partial charge in [0, 0.05) is 25.4 Å². The molecule has 100 valence electrons. The number of nitrogens with zero attached hydrogens (tertiary/aromatic N) is 1. The molecule has 4 nitrogen and oxygen atoms in total. The molecule has 0 fully saturated rings. The molecular formula is C14H21NO3. The molecule has 0 aliphatic heterocycles. The lowest BCUT2D eigenvalue weighted by Crippen LogP contribution is -2.37. The summed E-state index contributed by atoms with van der Waals surface area (Å²) in [5, 5.41) is 8.81. The number of ether oxygens (including phenoxy) is 1. The number of hydrogen-bond acceptors (Lipinski definition) is 3. The maximum atomic E-state index is 10.7. The molecule has 0 radical (unpaired) electrons. The van der Waals surface area contributed by atoms with Gasteiger partial charge in [0.1, 0.15) is 0 Å². The van der Waals surface area contributed by atoms with Crippen molar-refractivity contribution >= 4 is 11.7 Å². The van der Waals surface area contributed by atoms with Crippen LogP contribution in [0, 0.1) is 6.92 Å². The molecule has 1 atom stereocenters. The Hall–Kier alpha value is -1.55. The van der Waals surface area contributed by atoms with Crippen molar-refractivity contribution in [3.8, 4) is 0 Å². The molecule has 4 heteroatoms. The van der Waals surface area contributed by atoms with Gasteiger partial charge in [-0.05, 0) is 26.0 Å². The number of anilines is 1. The first-order valence-corrected chi connectivity index (χ1v) is 6.08. The average Bonchev–Trinajstić information content (AvgIpc) is 2.31. The van der Waals surface area contributed by atoms with Crippen LogP contribution >= 0.6 is 0 Å². The summed E-state index contributed by atoms with van der Waals surface area (Å²) in [6.45, 7) is 5.13. The van der Waals surface area contributed by atoms with Gasteiger partial charge in [0.05, 0.1) is 13.0 Å². The van der Waals surface area contributed by atoms with Crippen LogP contribution in [0.3, 0.4) is 0 Å². The second-order valence-corrected chi connectivity index (χ2v) is 4.48. The van der Waals surface area contributed by atoms with Crippen molar-refractivity contribution in [2.75, 3.05) is 25.2 Å². The zero-order chi connectivity index (χ0) is 13.5. The summed E-state index contributed by atoms with van der Waals surface area (Å²) >= 11 is 0. The van der Waals surface area contributed by atoms with Crippen LogP contribution in [-0.4, -0.2) is 37.4 Å². The fraction of sp³-hybridized carbons (Fsp3) is 0.500. The Morgan fingerprint density at radius 1 is 1.39 bits per heavy atom. The number of hydrogen-bond donors (Lipinski definition) is 1. The number of rotatable bonds is 7. The zero-order valence-electron chi connectivity index (χ0n) is 11.2. The quantitative estimate of drug-likeness (QED) is 0.808. The topological polar surface area (TPSA) is 49.8 Å². The molecule has 0 bridgehead atoms. The molecule has 0 saturated carbocycles. The summed E-state index contributed by atoms with van der Waals surface area (Å²) in [6, 6.07) is 8.25. The smallest absolute Gasteiger partial charge is 0.305 e. The van der Waals surface area contributed by atoms with Crippen LogP contribution < -0.4 is 4.90 Å². The van der Waals surface area contributed by atoms with E-state index < -0.39 is 5.97 Å². The predicted octanol–water partition coefficient (Wildman–Crippen LogP) is 2.31. The van der Waals surface area contributed by atoms with Gasteiger partial charge in [-0.2, -0.15) is 0 Å². The molecule has 1 aromatic rings. The van der Waals surface area contributed by atoms with Crippen LogP contribution in [0.25, 0.3) is 0 Å². The van der Waals surface area contributed by atoms with E-state index in [9.17, 15) is 4.79 Å². The van der Waals surface area contributed by atoms with Crippen molar-refractivity contribution < 1.29 is 14.6 Å². The second-order valence-electron chi connectivity index (χ2n) is 4.48. The Morgan fingerprint density at radius 3 is 2.50 bits per heavy atom. The summed E-state index contributed by atoms with van der Waals surface area (Å²) in [5.74, 6) is -0.781. The molecule has 0 saturated heterocycles. The zero-order valence-corrected chi connectivity index (χ0v) is 11.2. The van der Waals surface area contributed by atoms with E-state index in [-0.39, 0.29) is 12.5 Å². The third kappa shape index (κ3) is 4.37. The first-order valence-electron chi connectivity index (χ1n) is 6.08. The lowest BCUT2D eigenvalue weighted by atomic mass is 10.1. The highest BCUT2D eigenvalue weighted by molar-refractivity contribution is 5.67. The number of carbonyl (C=O) groups is 1. The Kier molecular flexibility index (Phi) is 5.65. The molecule has 0 heterocycles. The molecule has 0 aliphatic carbocycles. The van der Waals surface area contributed by atoms with Crippen LogP contribution in [0.5, 0.6) is 0 Å². The van der Waals surface area contributed by atoms with Gasteiger partial charge in [-0.3, -0.25) is 4.79 Å². The van der Waals surface area contributed by atoms with Gasteiger partial charge in [0.15, 0.2) is 0 Å². The van der Waals surface area contributed by atoms with E-state index in [1.54, 1.807) is 7.11 Å². The van der Waals surface area contributed by atoms with Gasteiger partial charge < -0.3 is 14.7 Å². The molecule has 0 spiro atoms. The lowest BCUT2D eigenvalue weighted by molar-refractivity contribution is -0.136. The Morgan fingerprint density at radius 2 is 2.00 bits per heavy atom. The molecule has 0 aliphatic rings. The average molecular weight is 251 g/mol. The Labute approximate surface area is 108 Å². The van der Waals surface area contributed by atoms with E-state index in [4.69, 9.17) is 9.84 Å². The predicted molar refractivity (Wildman–Crippen MR) is 72.1 cm³/mol. The Bertz CT molecular complexity index is 375. The Balaban J connectivity index is 2.81. The summed E-state index contributed by atoms with van der Waals surface area (Å²) in [7, 11) is 1.65. The van der Waals surface area contributed by atoms with E-state index in [1.165, 1.54) is 5.56 Å². The lowest BCUT2D eigenvalue weighted by Gasteiger charge is -2.30. The molecule has 0 amide bonds. The minimum atomic E-state index is -0.781.